The lowest BCUT2D eigenvalue weighted by Gasteiger charge is -2.09. The zero-order valence-electron chi connectivity index (χ0n) is 13.8. The zero-order valence-corrected chi connectivity index (χ0v) is 16.2. The van der Waals surface area contributed by atoms with Gasteiger partial charge in [0.2, 0.25) is 0 Å². The first kappa shape index (κ1) is 19.8. The van der Waals surface area contributed by atoms with Crippen molar-refractivity contribution in [3.63, 3.8) is 0 Å². The molecule has 0 N–H and O–H groups in total. The quantitative estimate of drug-likeness (QED) is 0.563. The lowest BCUT2D eigenvalue weighted by atomic mass is 10.1. The highest BCUT2D eigenvalue weighted by Crippen LogP contribution is 2.35. The third kappa shape index (κ3) is 4.15. The van der Waals surface area contributed by atoms with Gasteiger partial charge >= 0.3 is 5.51 Å². The summed E-state index contributed by atoms with van der Waals surface area (Å²) in [6.45, 7) is 1.91. The molecule has 0 amide bonds. The van der Waals surface area contributed by atoms with Crippen LogP contribution in [0.5, 0.6) is 0 Å². The highest BCUT2D eigenvalue weighted by atomic mass is 35.5. The van der Waals surface area contributed by atoms with Gasteiger partial charge in [-0.05, 0) is 30.2 Å². The minimum Gasteiger partial charge on any atom is -0.264 e. The molecule has 0 aliphatic rings. The van der Waals surface area contributed by atoms with Crippen molar-refractivity contribution in [1.82, 2.24) is 9.97 Å². The van der Waals surface area contributed by atoms with Crippen LogP contribution < -0.4 is 0 Å². The molecular formula is C17H12ClF3N2O2S2. The Bertz CT molecular complexity index is 1100. The second kappa shape index (κ2) is 7.21. The Morgan fingerprint density at radius 3 is 2.56 bits per heavy atom. The molecule has 1 aromatic carbocycles. The molecule has 27 heavy (non-hydrogen) atoms. The Hall–Kier alpha value is -1.97. The lowest BCUT2D eigenvalue weighted by Crippen LogP contribution is -2.24. The molecule has 2 aromatic heterocycles. The van der Waals surface area contributed by atoms with Gasteiger partial charge in [0.1, 0.15) is 5.01 Å². The molecular weight excluding hydrogens is 421 g/mol. The van der Waals surface area contributed by atoms with Crippen LogP contribution in [0.1, 0.15) is 11.1 Å². The van der Waals surface area contributed by atoms with Crippen molar-refractivity contribution in [1.29, 1.82) is 0 Å². The first-order chi connectivity index (χ1) is 12.6. The second-order valence-corrected chi connectivity index (χ2v) is 8.99. The maximum absolute atomic E-state index is 12.5. The van der Waals surface area contributed by atoms with Gasteiger partial charge < -0.3 is 0 Å². The monoisotopic (exact) mass is 432 g/mol. The molecule has 0 fully saturated rings. The van der Waals surface area contributed by atoms with Gasteiger partial charge in [-0.2, -0.15) is 13.2 Å². The van der Waals surface area contributed by atoms with Gasteiger partial charge in [-0.1, -0.05) is 23.7 Å². The average molecular weight is 433 g/mol. The Kier molecular flexibility index (Phi) is 5.29. The largest absolute Gasteiger partial charge is 0.497 e. The summed E-state index contributed by atoms with van der Waals surface area (Å²) in [6, 6.07) is 5.84. The number of hydrogen-bond donors (Lipinski definition) is 0. The molecule has 142 valence electrons. The maximum Gasteiger partial charge on any atom is 0.497 e. The summed E-state index contributed by atoms with van der Waals surface area (Å²) in [5.41, 5.74) is -2.39. The summed E-state index contributed by atoms with van der Waals surface area (Å²) in [5, 5.41) is 2.67. The predicted molar refractivity (Wildman–Crippen MR) is 99.2 cm³/mol. The van der Waals surface area contributed by atoms with Gasteiger partial charge in [0.05, 0.1) is 16.5 Å². The number of rotatable bonds is 4. The molecule has 0 aliphatic heterocycles. The van der Waals surface area contributed by atoms with Crippen LogP contribution in [0.4, 0.5) is 13.2 Å². The van der Waals surface area contributed by atoms with E-state index in [0.717, 1.165) is 16.1 Å². The number of alkyl halides is 3. The van der Waals surface area contributed by atoms with E-state index in [4.69, 9.17) is 11.6 Å². The molecule has 0 bridgehead atoms. The summed E-state index contributed by atoms with van der Waals surface area (Å²) in [5.74, 6) is -1.16. The van der Waals surface area contributed by atoms with Crippen LogP contribution in [0.25, 0.3) is 21.8 Å². The van der Waals surface area contributed by atoms with Gasteiger partial charge in [-0.25, -0.2) is 13.4 Å². The number of aryl methyl sites for hydroxylation is 1. The number of hydrogen-bond acceptors (Lipinski definition) is 5. The maximum atomic E-state index is 12.5. The van der Waals surface area contributed by atoms with E-state index in [-0.39, 0.29) is 10.6 Å². The van der Waals surface area contributed by atoms with E-state index < -0.39 is 21.1 Å². The molecule has 10 heteroatoms. The van der Waals surface area contributed by atoms with Crippen LogP contribution in [-0.2, 0) is 15.6 Å². The minimum atomic E-state index is -5.30. The molecule has 3 rings (SSSR count). The Morgan fingerprint density at radius 1 is 1.19 bits per heavy atom. The van der Waals surface area contributed by atoms with Gasteiger partial charge in [-0.3, -0.25) is 4.98 Å². The first-order valence-corrected chi connectivity index (χ1v) is 10.4. The molecule has 0 radical (unpaired) electrons. The van der Waals surface area contributed by atoms with Gasteiger partial charge in [0.25, 0.3) is 9.84 Å². The molecule has 2 heterocycles. The summed E-state index contributed by atoms with van der Waals surface area (Å²) >= 11 is 7.57. The fourth-order valence-electron chi connectivity index (χ4n) is 2.39. The van der Waals surface area contributed by atoms with Gasteiger partial charge in [-0.15, -0.1) is 11.3 Å². The molecule has 0 aliphatic carbocycles. The van der Waals surface area contributed by atoms with E-state index in [2.05, 4.69) is 9.97 Å². The van der Waals surface area contributed by atoms with Crippen molar-refractivity contribution in [2.24, 2.45) is 0 Å². The smallest absolute Gasteiger partial charge is 0.264 e. The topological polar surface area (TPSA) is 59.9 Å². The number of benzene rings is 1. The van der Waals surface area contributed by atoms with E-state index in [9.17, 15) is 21.6 Å². The summed E-state index contributed by atoms with van der Waals surface area (Å²) in [6.07, 6.45) is 3.38. The number of nitrogens with zero attached hydrogens (tertiary/aromatic N) is 2. The van der Waals surface area contributed by atoms with Crippen LogP contribution in [0.2, 0.25) is 5.02 Å². The minimum absolute atomic E-state index is 0.0403. The van der Waals surface area contributed by atoms with Crippen LogP contribution in [0.15, 0.2) is 42.0 Å². The highest BCUT2D eigenvalue weighted by molar-refractivity contribution is 7.91. The molecule has 4 nitrogen and oxygen atoms in total. The Morgan fingerprint density at radius 2 is 1.93 bits per heavy atom. The van der Waals surface area contributed by atoms with Crippen LogP contribution in [0.3, 0.4) is 0 Å². The lowest BCUT2D eigenvalue weighted by molar-refractivity contribution is -0.0437. The van der Waals surface area contributed by atoms with Crippen molar-refractivity contribution in [3.05, 3.63) is 58.2 Å². The molecule has 0 saturated heterocycles. The van der Waals surface area contributed by atoms with E-state index in [1.54, 1.807) is 17.8 Å². The highest BCUT2D eigenvalue weighted by Gasteiger charge is 2.45. The van der Waals surface area contributed by atoms with Crippen molar-refractivity contribution in [2.75, 3.05) is 0 Å². The van der Waals surface area contributed by atoms with Gasteiger partial charge in [0, 0.05) is 28.9 Å². The van der Waals surface area contributed by atoms with E-state index in [1.807, 2.05) is 13.0 Å². The molecule has 0 saturated carbocycles. The number of thiazole rings is 1. The fraction of sp³-hybridized carbons (Fsp3) is 0.176. The number of pyridine rings is 1. The standard InChI is InChI=1S/C17H12ClF3N2O2S2/c1-10-7-22-5-4-12(10)16-23-15(8-26-16)13-3-2-11(6-14(13)18)9-27(24,25)17(19,20)21/h2-8H,9H2,1H3. The summed E-state index contributed by atoms with van der Waals surface area (Å²) in [7, 11) is -5.26. The van der Waals surface area contributed by atoms with Crippen molar-refractivity contribution in [2.45, 2.75) is 18.2 Å². The van der Waals surface area contributed by atoms with Crippen molar-refractivity contribution >= 4 is 32.8 Å². The second-order valence-electron chi connectivity index (χ2n) is 5.75. The Labute approximate surface area is 162 Å². The third-order valence-corrected chi connectivity index (χ3v) is 6.38. The van der Waals surface area contributed by atoms with Crippen LogP contribution in [-0.4, -0.2) is 23.9 Å². The normalized spacial score (nSPS) is 12.3. The summed E-state index contributed by atoms with van der Waals surface area (Å²) in [4.78, 5) is 8.56. The fourth-order valence-corrected chi connectivity index (χ4v) is 4.38. The van der Waals surface area contributed by atoms with Crippen molar-refractivity contribution < 1.29 is 21.6 Å². The van der Waals surface area contributed by atoms with E-state index >= 15 is 0 Å². The SMILES string of the molecule is Cc1cnccc1-c1nc(-c2ccc(CS(=O)(=O)C(F)(F)F)cc2Cl)cs1. The number of aromatic nitrogens is 2. The molecule has 0 spiro atoms. The molecule has 0 atom stereocenters. The third-order valence-electron chi connectivity index (χ3n) is 3.77. The zero-order chi connectivity index (χ0) is 19.8. The Balaban J connectivity index is 1.91. The average Bonchev–Trinajstić information content (AvgIpc) is 3.03. The van der Waals surface area contributed by atoms with E-state index in [0.29, 0.717) is 11.3 Å². The summed E-state index contributed by atoms with van der Waals surface area (Å²) < 4.78 is 60.2. The molecule has 3 aromatic rings. The predicted octanol–water partition coefficient (Wildman–Crippen LogP) is 5.27. The number of halogens is 4. The molecule has 0 unspecified atom stereocenters. The first-order valence-electron chi connectivity index (χ1n) is 7.53. The van der Waals surface area contributed by atoms with Crippen LogP contribution in [0, 0.1) is 6.92 Å². The number of sulfone groups is 1. The van der Waals surface area contributed by atoms with Crippen LogP contribution >= 0.6 is 22.9 Å². The van der Waals surface area contributed by atoms with E-state index in [1.165, 1.54) is 29.5 Å². The van der Waals surface area contributed by atoms with Crippen molar-refractivity contribution in [3.8, 4) is 21.8 Å². The van der Waals surface area contributed by atoms with Gasteiger partial charge in [0.15, 0.2) is 0 Å².